The fourth-order valence-electron chi connectivity index (χ4n) is 4.28. The average Bonchev–Trinajstić information content (AvgIpc) is 3.31. The van der Waals surface area contributed by atoms with Crippen LogP contribution in [-0.2, 0) is 0 Å². The van der Waals surface area contributed by atoms with Crippen LogP contribution in [0.15, 0.2) is 77.0 Å². The number of nitrogens with zero attached hydrogens (tertiary/aromatic N) is 3. The van der Waals surface area contributed by atoms with Crippen LogP contribution in [0.2, 0.25) is 0 Å². The summed E-state index contributed by atoms with van der Waals surface area (Å²) in [5.41, 5.74) is 7.59. The molecule has 5 nitrogen and oxygen atoms in total. The number of hydrogen-bond acceptors (Lipinski definition) is 4. The largest absolute Gasteiger partial charge is 0.351 e. The monoisotopic (exact) mass is 484 g/mol. The van der Waals surface area contributed by atoms with Crippen molar-refractivity contribution in [3.8, 4) is 11.4 Å². The van der Waals surface area contributed by atoms with Gasteiger partial charge in [-0.05, 0) is 80.9 Å². The van der Waals surface area contributed by atoms with Crippen LogP contribution in [0.3, 0.4) is 0 Å². The molecule has 4 aromatic rings. The van der Waals surface area contributed by atoms with Gasteiger partial charge in [0.1, 0.15) is 5.82 Å². The minimum Gasteiger partial charge on any atom is -0.351 e. The number of aromatic nitrogens is 2. The summed E-state index contributed by atoms with van der Waals surface area (Å²) < 4.78 is 20.0. The highest BCUT2D eigenvalue weighted by atomic mass is 32.1. The van der Waals surface area contributed by atoms with Gasteiger partial charge in [-0.25, -0.2) is 4.39 Å². The molecule has 0 saturated carbocycles. The Morgan fingerprint density at radius 1 is 0.943 bits per heavy atom. The standard InChI is InChI=1S/C28H25FN4OS/c1-16-8-11-20(12-9-16)26-31-27(34-32-26)24-19(4)33(23-13-10-17(2)18(3)14-23)28(35)30-25(24)21-6-5-7-22(29)15-21/h5-15,25H,1-4H3,(H,30,35). The van der Waals surface area contributed by atoms with E-state index in [2.05, 4.69) is 36.5 Å². The molecule has 0 fully saturated rings. The van der Waals surface area contributed by atoms with Crippen LogP contribution in [0.4, 0.5) is 10.1 Å². The Morgan fingerprint density at radius 2 is 1.71 bits per heavy atom. The molecule has 1 aliphatic rings. The maximum Gasteiger partial charge on any atom is 0.258 e. The van der Waals surface area contributed by atoms with Gasteiger partial charge in [0.25, 0.3) is 5.89 Å². The Bertz CT molecular complexity index is 1460. The zero-order valence-electron chi connectivity index (χ0n) is 20.0. The molecule has 7 heteroatoms. The van der Waals surface area contributed by atoms with Gasteiger partial charge < -0.3 is 9.84 Å². The lowest BCUT2D eigenvalue weighted by Gasteiger charge is -2.37. The van der Waals surface area contributed by atoms with Gasteiger partial charge in [0.15, 0.2) is 5.11 Å². The first-order valence-electron chi connectivity index (χ1n) is 11.4. The third-order valence-corrected chi connectivity index (χ3v) is 6.68. The van der Waals surface area contributed by atoms with Crippen LogP contribution in [0.5, 0.6) is 0 Å². The summed E-state index contributed by atoms with van der Waals surface area (Å²) in [5.74, 6) is 0.523. The molecule has 35 heavy (non-hydrogen) atoms. The summed E-state index contributed by atoms with van der Waals surface area (Å²) in [7, 11) is 0. The normalized spacial score (nSPS) is 16.0. The van der Waals surface area contributed by atoms with Crippen molar-refractivity contribution in [2.24, 2.45) is 0 Å². The molecule has 1 aliphatic heterocycles. The van der Waals surface area contributed by atoms with E-state index in [0.717, 1.165) is 39.2 Å². The summed E-state index contributed by atoms with van der Waals surface area (Å²) in [4.78, 5) is 6.69. The first-order chi connectivity index (χ1) is 16.8. The smallest absolute Gasteiger partial charge is 0.258 e. The van der Waals surface area contributed by atoms with E-state index in [1.54, 1.807) is 6.07 Å². The van der Waals surface area contributed by atoms with E-state index in [9.17, 15) is 4.39 Å². The van der Waals surface area contributed by atoms with Crippen LogP contribution in [0.25, 0.3) is 17.0 Å². The van der Waals surface area contributed by atoms with E-state index >= 15 is 0 Å². The van der Waals surface area contributed by atoms with Gasteiger partial charge in [-0.2, -0.15) is 4.98 Å². The van der Waals surface area contributed by atoms with E-state index in [1.165, 1.54) is 17.7 Å². The van der Waals surface area contributed by atoms with Crippen molar-refractivity contribution in [3.05, 3.63) is 106 Å². The topological polar surface area (TPSA) is 54.2 Å². The Hall–Kier alpha value is -3.84. The number of thiocarbonyl (C=S) groups is 1. The number of allylic oxidation sites excluding steroid dienone is 1. The van der Waals surface area contributed by atoms with E-state index < -0.39 is 6.04 Å². The van der Waals surface area contributed by atoms with Gasteiger partial charge in [-0.1, -0.05) is 53.2 Å². The SMILES string of the molecule is CC1=C(c2nc(-c3ccc(C)cc3)no2)C(c2cccc(F)c2)NC(=S)N1c1ccc(C)c(C)c1. The first kappa shape index (κ1) is 22.9. The fraction of sp³-hybridized carbons (Fsp3) is 0.179. The van der Waals surface area contributed by atoms with E-state index in [0.29, 0.717) is 16.8 Å². The Balaban J connectivity index is 1.66. The molecule has 176 valence electrons. The quantitative estimate of drug-likeness (QED) is 0.327. The molecule has 5 rings (SSSR count). The zero-order valence-corrected chi connectivity index (χ0v) is 20.8. The predicted molar refractivity (Wildman–Crippen MR) is 140 cm³/mol. The van der Waals surface area contributed by atoms with Crippen molar-refractivity contribution >= 4 is 28.6 Å². The number of halogens is 1. The molecule has 0 amide bonds. The third-order valence-electron chi connectivity index (χ3n) is 6.38. The predicted octanol–water partition coefficient (Wildman–Crippen LogP) is 6.67. The highest BCUT2D eigenvalue weighted by Crippen LogP contribution is 2.39. The van der Waals surface area contributed by atoms with Crippen molar-refractivity contribution in [1.29, 1.82) is 0 Å². The molecule has 1 atom stereocenters. The molecule has 0 aliphatic carbocycles. The van der Waals surface area contributed by atoms with Crippen LogP contribution in [0.1, 0.15) is 41.1 Å². The van der Waals surface area contributed by atoms with Crippen LogP contribution < -0.4 is 10.2 Å². The molecule has 3 aromatic carbocycles. The van der Waals surface area contributed by atoms with Crippen molar-refractivity contribution in [2.75, 3.05) is 4.90 Å². The second-order valence-corrected chi connectivity index (χ2v) is 9.22. The highest BCUT2D eigenvalue weighted by Gasteiger charge is 2.35. The summed E-state index contributed by atoms with van der Waals surface area (Å²) >= 11 is 5.79. The molecule has 0 spiro atoms. The third kappa shape index (κ3) is 4.35. The van der Waals surface area contributed by atoms with Crippen LogP contribution in [-0.4, -0.2) is 15.3 Å². The lowest BCUT2D eigenvalue weighted by Crippen LogP contribution is -2.46. The van der Waals surface area contributed by atoms with Gasteiger partial charge >= 0.3 is 0 Å². The number of benzene rings is 3. The Kier molecular flexibility index (Phi) is 5.94. The Labute approximate surface area is 209 Å². The molecular formula is C28H25FN4OS. The Morgan fingerprint density at radius 3 is 2.43 bits per heavy atom. The summed E-state index contributed by atoms with van der Waals surface area (Å²) in [5, 5.41) is 8.14. The fourth-order valence-corrected chi connectivity index (χ4v) is 4.64. The van der Waals surface area contributed by atoms with Gasteiger partial charge in [0.2, 0.25) is 5.82 Å². The van der Waals surface area contributed by atoms with Crippen LogP contribution in [0, 0.1) is 26.6 Å². The van der Waals surface area contributed by atoms with Gasteiger partial charge in [0.05, 0.1) is 11.6 Å². The van der Waals surface area contributed by atoms with Crippen LogP contribution >= 0.6 is 12.2 Å². The van der Waals surface area contributed by atoms with E-state index in [1.807, 2.05) is 55.1 Å². The summed E-state index contributed by atoms with van der Waals surface area (Å²) in [6, 6.07) is 20.2. The van der Waals surface area contributed by atoms with E-state index in [4.69, 9.17) is 21.7 Å². The summed E-state index contributed by atoms with van der Waals surface area (Å²) in [6.07, 6.45) is 0. The number of aryl methyl sites for hydroxylation is 3. The zero-order chi connectivity index (χ0) is 24.7. The van der Waals surface area contributed by atoms with Crippen molar-refractivity contribution in [3.63, 3.8) is 0 Å². The van der Waals surface area contributed by atoms with Crippen molar-refractivity contribution in [1.82, 2.24) is 15.5 Å². The minimum atomic E-state index is -0.452. The maximum absolute atomic E-state index is 14.2. The number of anilines is 1. The van der Waals surface area contributed by atoms with Gasteiger partial charge in [0, 0.05) is 16.9 Å². The average molecular weight is 485 g/mol. The highest BCUT2D eigenvalue weighted by molar-refractivity contribution is 7.80. The first-order valence-corrected chi connectivity index (χ1v) is 11.8. The molecule has 2 heterocycles. The minimum absolute atomic E-state index is 0.324. The van der Waals surface area contributed by atoms with Crippen molar-refractivity contribution in [2.45, 2.75) is 33.7 Å². The number of rotatable bonds is 4. The molecule has 0 radical (unpaired) electrons. The number of nitrogens with one attached hydrogen (secondary N) is 1. The lowest BCUT2D eigenvalue weighted by molar-refractivity contribution is 0.404. The number of hydrogen-bond donors (Lipinski definition) is 1. The van der Waals surface area contributed by atoms with Crippen molar-refractivity contribution < 1.29 is 8.91 Å². The second kappa shape index (κ2) is 9.07. The molecule has 0 bridgehead atoms. The lowest BCUT2D eigenvalue weighted by atomic mass is 9.94. The molecule has 1 N–H and O–H groups in total. The molecule has 1 unspecified atom stereocenters. The van der Waals surface area contributed by atoms with Gasteiger partial charge in [-0.15, -0.1) is 0 Å². The van der Waals surface area contributed by atoms with E-state index in [-0.39, 0.29) is 5.82 Å². The maximum atomic E-state index is 14.2. The second-order valence-electron chi connectivity index (χ2n) is 8.83. The molecule has 0 saturated heterocycles. The van der Waals surface area contributed by atoms with Gasteiger partial charge in [-0.3, -0.25) is 4.90 Å². The summed E-state index contributed by atoms with van der Waals surface area (Å²) in [6.45, 7) is 8.15. The molecule has 1 aromatic heterocycles. The molecular weight excluding hydrogens is 459 g/mol.